The molecule has 154 valence electrons. The third-order valence-electron chi connectivity index (χ3n) is 4.92. The van der Waals surface area contributed by atoms with Gasteiger partial charge in [0.1, 0.15) is 17.3 Å². The second kappa shape index (κ2) is 7.87. The SMILES string of the molecule is Cc1nn(C)c(/C(OC(=O)C(C)(C)C)=C(\C#N)c2ccc(C(C)(C)C)cc2)c1C. The van der Waals surface area contributed by atoms with Gasteiger partial charge in [-0.3, -0.25) is 9.48 Å². The molecule has 1 heterocycles. The van der Waals surface area contributed by atoms with Gasteiger partial charge in [-0.15, -0.1) is 0 Å². The van der Waals surface area contributed by atoms with E-state index in [1.165, 1.54) is 5.56 Å². The highest BCUT2D eigenvalue weighted by atomic mass is 16.5. The Morgan fingerprint density at radius 3 is 2.00 bits per heavy atom. The number of carbonyl (C=O) groups excluding carboxylic acids is 1. The molecule has 0 aliphatic carbocycles. The van der Waals surface area contributed by atoms with Crippen molar-refractivity contribution in [2.45, 2.75) is 60.8 Å². The van der Waals surface area contributed by atoms with Crippen LogP contribution in [0.4, 0.5) is 0 Å². The molecular weight excluding hydrogens is 362 g/mol. The molecule has 1 aromatic carbocycles. The average molecular weight is 394 g/mol. The summed E-state index contributed by atoms with van der Waals surface area (Å²) >= 11 is 0. The van der Waals surface area contributed by atoms with E-state index in [1.807, 2.05) is 38.1 Å². The quantitative estimate of drug-likeness (QED) is 0.402. The highest BCUT2D eigenvalue weighted by Crippen LogP contribution is 2.33. The Morgan fingerprint density at radius 2 is 1.62 bits per heavy atom. The molecule has 0 unspecified atom stereocenters. The Morgan fingerprint density at radius 1 is 1.07 bits per heavy atom. The van der Waals surface area contributed by atoms with Crippen molar-refractivity contribution in [2.24, 2.45) is 12.5 Å². The van der Waals surface area contributed by atoms with Crippen LogP contribution in [0.1, 0.15) is 69.6 Å². The van der Waals surface area contributed by atoms with Gasteiger partial charge in [-0.1, -0.05) is 45.0 Å². The Bertz CT molecular complexity index is 989. The lowest BCUT2D eigenvalue weighted by molar-refractivity contribution is -0.145. The van der Waals surface area contributed by atoms with E-state index in [9.17, 15) is 10.1 Å². The Balaban J connectivity index is 2.73. The van der Waals surface area contributed by atoms with Crippen molar-refractivity contribution in [1.82, 2.24) is 9.78 Å². The molecule has 2 rings (SSSR count). The molecule has 0 N–H and O–H groups in total. The van der Waals surface area contributed by atoms with Crippen LogP contribution in [0, 0.1) is 30.6 Å². The lowest BCUT2D eigenvalue weighted by atomic mass is 9.86. The molecule has 0 saturated carbocycles. The van der Waals surface area contributed by atoms with Crippen molar-refractivity contribution in [1.29, 1.82) is 5.26 Å². The van der Waals surface area contributed by atoms with Crippen LogP contribution >= 0.6 is 0 Å². The smallest absolute Gasteiger partial charge is 0.316 e. The normalized spacial score (nSPS) is 13.0. The number of esters is 1. The maximum absolute atomic E-state index is 12.7. The zero-order chi connectivity index (χ0) is 22.1. The van der Waals surface area contributed by atoms with Crippen molar-refractivity contribution < 1.29 is 9.53 Å². The van der Waals surface area contributed by atoms with Gasteiger partial charge in [-0.05, 0) is 51.2 Å². The number of aryl methyl sites for hydroxylation is 2. The summed E-state index contributed by atoms with van der Waals surface area (Å²) in [5.41, 5.74) is 3.83. The van der Waals surface area contributed by atoms with Crippen LogP contribution in [0.2, 0.25) is 0 Å². The summed E-state index contributed by atoms with van der Waals surface area (Å²) in [4.78, 5) is 12.7. The van der Waals surface area contributed by atoms with E-state index in [-0.39, 0.29) is 11.2 Å². The molecule has 0 saturated heterocycles. The van der Waals surface area contributed by atoms with Gasteiger partial charge in [-0.25, -0.2) is 0 Å². The second-order valence-corrected chi connectivity index (χ2v) is 9.47. The summed E-state index contributed by atoms with van der Waals surface area (Å²) < 4.78 is 7.50. The number of carbonyl (C=O) groups is 1. The van der Waals surface area contributed by atoms with Crippen molar-refractivity contribution in [2.75, 3.05) is 0 Å². The molecule has 0 atom stereocenters. The van der Waals surface area contributed by atoms with Crippen molar-refractivity contribution in [3.8, 4) is 6.07 Å². The number of benzene rings is 1. The fourth-order valence-corrected chi connectivity index (χ4v) is 2.93. The summed E-state index contributed by atoms with van der Waals surface area (Å²) in [6.07, 6.45) is 0. The average Bonchev–Trinajstić information content (AvgIpc) is 2.85. The molecular formula is C24H31N3O2. The van der Waals surface area contributed by atoms with Gasteiger partial charge in [0.05, 0.1) is 11.1 Å². The van der Waals surface area contributed by atoms with Crippen LogP contribution < -0.4 is 0 Å². The molecule has 29 heavy (non-hydrogen) atoms. The molecule has 0 aliphatic heterocycles. The minimum absolute atomic E-state index is 0.00627. The van der Waals surface area contributed by atoms with E-state index in [0.717, 1.165) is 11.3 Å². The van der Waals surface area contributed by atoms with Crippen molar-refractivity contribution >= 4 is 17.3 Å². The van der Waals surface area contributed by atoms with Gasteiger partial charge < -0.3 is 4.74 Å². The monoisotopic (exact) mass is 393 g/mol. The zero-order valence-electron chi connectivity index (χ0n) is 19.0. The van der Waals surface area contributed by atoms with E-state index < -0.39 is 11.4 Å². The third kappa shape index (κ3) is 4.76. The standard InChI is InChI=1S/C24H31N3O2/c1-15-16(2)26-27(9)20(15)21(29-22(28)24(6,7)8)19(14-25)17-10-12-18(13-11-17)23(3,4)5/h10-13H,1-9H3/b21-19-. The van der Waals surface area contributed by atoms with Gasteiger partial charge in [0, 0.05) is 12.6 Å². The maximum Gasteiger partial charge on any atom is 0.316 e. The first-order valence-corrected chi connectivity index (χ1v) is 9.75. The number of hydrogen-bond donors (Lipinski definition) is 0. The largest absolute Gasteiger partial charge is 0.422 e. The first-order chi connectivity index (χ1) is 13.3. The van der Waals surface area contributed by atoms with Crippen molar-refractivity contribution in [3.63, 3.8) is 0 Å². The van der Waals surface area contributed by atoms with Crippen LogP contribution in [-0.2, 0) is 22.0 Å². The number of aromatic nitrogens is 2. The van der Waals surface area contributed by atoms with Crippen LogP contribution in [0.15, 0.2) is 24.3 Å². The molecule has 2 aromatic rings. The fraction of sp³-hybridized carbons (Fsp3) is 0.458. The highest BCUT2D eigenvalue weighted by Gasteiger charge is 2.29. The number of nitrogens with zero attached hydrogens (tertiary/aromatic N) is 3. The summed E-state index contributed by atoms with van der Waals surface area (Å²) in [5, 5.41) is 14.5. The summed E-state index contributed by atoms with van der Waals surface area (Å²) in [5.74, 6) is -0.152. The number of nitriles is 1. The Hall–Kier alpha value is -2.87. The second-order valence-electron chi connectivity index (χ2n) is 9.47. The summed E-state index contributed by atoms with van der Waals surface area (Å²) in [7, 11) is 1.79. The lowest BCUT2D eigenvalue weighted by Crippen LogP contribution is -2.23. The molecule has 0 fully saturated rings. The Kier molecular flexibility index (Phi) is 6.08. The molecule has 0 bridgehead atoms. The van der Waals surface area contributed by atoms with E-state index in [4.69, 9.17) is 4.74 Å². The van der Waals surface area contributed by atoms with Gasteiger partial charge in [-0.2, -0.15) is 10.4 Å². The third-order valence-corrected chi connectivity index (χ3v) is 4.92. The predicted molar refractivity (Wildman–Crippen MR) is 116 cm³/mol. The van der Waals surface area contributed by atoms with Crippen molar-refractivity contribution in [3.05, 3.63) is 52.3 Å². The van der Waals surface area contributed by atoms with E-state index in [2.05, 4.69) is 31.9 Å². The van der Waals surface area contributed by atoms with Crippen LogP contribution in [0.25, 0.3) is 11.3 Å². The minimum atomic E-state index is -0.705. The molecule has 0 amide bonds. The van der Waals surface area contributed by atoms with Gasteiger partial charge in [0.2, 0.25) is 0 Å². The Labute approximate surface area is 174 Å². The highest BCUT2D eigenvalue weighted by molar-refractivity contribution is 5.98. The first-order valence-electron chi connectivity index (χ1n) is 9.75. The minimum Gasteiger partial charge on any atom is -0.422 e. The number of hydrogen-bond acceptors (Lipinski definition) is 4. The fourth-order valence-electron chi connectivity index (χ4n) is 2.93. The number of ether oxygens (including phenoxy) is 1. The summed E-state index contributed by atoms with van der Waals surface area (Å²) in [6.45, 7) is 15.6. The predicted octanol–water partition coefficient (Wildman–Crippen LogP) is 5.32. The zero-order valence-corrected chi connectivity index (χ0v) is 19.0. The van der Waals surface area contributed by atoms with E-state index in [0.29, 0.717) is 16.8 Å². The van der Waals surface area contributed by atoms with E-state index >= 15 is 0 Å². The van der Waals surface area contributed by atoms with Gasteiger partial charge in [0.25, 0.3) is 0 Å². The number of rotatable bonds is 3. The molecule has 1 aromatic heterocycles. The first kappa shape index (κ1) is 22.4. The van der Waals surface area contributed by atoms with E-state index in [1.54, 1.807) is 32.5 Å². The van der Waals surface area contributed by atoms with Crippen LogP contribution in [-0.4, -0.2) is 15.7 Å². The topological polar surface area (TPSA) is 67.9 Å². The molecule has 5 nitrogen and oxygen atoms in total. The van der Waals surface area contributed by atoms with Crippen LogP contribution in [0.5, 0.6) is 0 Å². The summed E-state index contributed by atoms with van der Waals surface area (Å²) in [6, 6.07) is 10.1. The molecule has 5 heteroatoms. The number of allylic oxidation sites excluding steroid dienone is 1. The maximum atomic E-state index is 12.7. The van der Waals surface area contributed by atoms with Crippen LogP contribution in [0.3, 0.4) is 0 Å². The molecule has 0 radical (unpaired) electrons. The molecule has 0 spiro atoms. The lowest BCUT2D eigenvalue weighted by Gasteiger charge is -2.21. The van der Waals surface area contributed by atoms with Gasteiger partial charge >= 0.3 is 5.97 Å². The van der Waals surface area contributed by atoms with Gasteiger partial charge in [0.15, 0.2) is 5.76 Å². The molecule has 0 aliphatic rings.